The van der Waals surface area contributed by atoms with Crippen molar-refractivity contribution in [3.8, 4) is 0 Å². The average molecular weight is 349 g/mol. The molecule has 0 aliphatic heterocycles. The standard InChI is InChI=1S/C22H36O3/c1-20(25)9-6-15-14(12-20)4-5-17-16(15)7-10-22(3)18(19(24)13-23)8-11-21(17,22)2/h14-18,23,25H,4-13H2,1-3H3/t14-,15-,16+,17+,18+,20+,21-,22+/m0/s1. The molecule has 4 saturated carbocycles. The van der Waals surface area contributed by atoms with Gasteiger partial charge in [-0.05, 0) is 99.2 Å². The van der Waals surface area contributed by atoms with Crippen molar-refractivity contribution in [3.63, 3.8) is 0 Å². The van der Waals surface area contributed by atoms with Crippen LogP contribution in [0.25, 0.3) is 0 Å². The lowest BCUT2D eigenvalue weighted by atomic mass is 9.43. The first kappa shape index (κ1) is 18.0. The molecule has 0 bridgehead atoms. The van der Waals surface area contributed by atoms with Crippen molar-refractivity contribution >= 4 is 5.78 Å². The lowest BCUT2D eigenvalue weighted by Gasteiger charge is -2.61. The fourth-order valence-corrected chi connectivity index (χ4v) is 8.13. The molecule has 0 unspecified atom stereocenters. The molecule has 0 aromatic rings. The topological polar surface area (TPSA) is 57.5 Å². The van der Waals surface area contributed by atoms with E-state index >= 15 is 0 Å². The number of ketones is 1. The maximum atomic E-state index is 12.4. The maximum Gasteiger partial charge on any atom is 0.161 e. The van der Waals surface area contributed by atoms with Crippen LogP contribution in [-0.4, -0.2) is 28.2 Å². The molecule has 0 spiro atoms. The molecule has 0 saturated heterocycles. The molecular formula is C22H36O3. The second-order valence-electron chi connectivity index (χ2n) is 10.6. The van der Waals surface area contributed by atoms with E-state index in [1.807, 2.05) is 6.92 Å². The SMILES string of the molecule is C[C@@]1(O)CC[C@H]2[C@@H](CC[C@@H]3[C@@H]2CC[C@]2(C)[C@@H](C(=O)CO)CC[C@@]32C)C1. The van der Waals surface area contributed by atoms with Crippen LogP contribution < -0.4 is 0 Å². The van der Waals surface area contributed by atoms with Crippen molar-refractivity contribution in [2.24, 2.45) is 40.4 Å². The summed E-state index contributed by atoms with van der Waals surface area (Å²) in [6.07, 6.45) is 10.2. The monoisotopic (exact) mass is 348 g/mol. The predicted molar refractivity (Wildman–Crippen MR) is 97.9 cm³/mol. The summed E-state index contributed by atoms with van der Waals surface area (Å²) in [5, 5.41) is 20.0. The van der Waals surface area contributed by atoms with Crippen molar-refractivity contribution in [3.05, 3.63) is 0 Å². The summed E-state index contributed by atoms with van der Waals surface area (Å²) in [5.41, 5.74) is -0.135. The smallest absolute Gasteiger partial charge is 0.161 e. The van der Waals surface area contributed by atoms with Crippen molar-refractivity contribution in [1.82, 2.24) is 0 Å². The summed E-state index contributed by atoms with van der Waals surface area (Å²) in [6, 6.07) is 0. The summed E-state index contributed by atoms with van der Waals surface area (Å²) in [7, 11) is 0. The third-order valence-electron chi connectivity index (χ3n) is 9.62. The van der Waals surface area contributed by atoms with Gasteiger partial charge in [-0.2, -0.15) is 0 Å². The zero-order valence-electron chi connectivity index (χ0n) is 16.3. The highest BCUT2D eigenvalue weighted by Gasteiger charge is 2.64. The van der Waals surface area contributed by atoms with Gasteiger partial charge in [0, 0.05) is 5.92 Å². The van der Waals surface area contributed by atoms with E-state index in [4.69, 9.17) is 0 Å². The lowest BCUT2D eigenvalue weighted by Crippen LogP contribution is -2.55. The number of hydrogen-bond donors (Lipinski definition) is 2. The van der Waals surface area contributed by atoms with Crippen LogP contribution in [0.4, 0.5) is 0 Å². The summed E-state index contributed by atoms with van der Waals surface area (Å²) < 4.78 is 0. The summed E-state index contributed by atoms with van der Waals surface area (Å²) >= 11 is 0. The molecule has 3 nitrogen and oxygen atoms in total. The fourth-order valence-electron chi connectivity index (χ4n) is 8.13. The molecule has 3 heteroatoms. The number of rotatable bonds is 2. The van der Waals surface area contributed by atoms with Gasteiger partial charge in [-0.3, -0.25) is 4.79 Å². The molecule has 142 valence electrons. The minimum Gasteiger partial charge on any atom is -0.390 e. The quantitative estimate of drug-likeness (QED) is 0.794. The van der Waals surface area contributed by atoms with Crippen molar-refractivity contribution in [1.29, 1.82) is 0 Å². The Kier molecular flexibility index (Phi) is 4.16. The number of carbonyl (C=O) groups is 1. The van der Waals surface area contributed by atoms with Crippen LogP contribution in [0.15, 0.2) is 0 Å². The zero-order chi connectivity index (χ0) is 18.0. The zero-order valence-corrected chi connectivity index (χ0v) is 16.3. The van der Waals surface area contributed by atoms with Crippen LogP contribution >= 0.6 is 0 Å². The molecule has 4 rings (SSSR count). The van der Waals surface area contributed by atoms with Crippen molar-refractivity contribution < 1.29 is 15.0 Å². The normalized spacial score (nSPS) is 55.2. The molecule has 0 amide bonds. The number of aliphatic hydroxyl groups is 2. The molecule has 2 N–H and O–H groups in total. The summed E-state index contributed by atoms with van der Waals surface area (Å²) in [6.45, 7) is 6.56. The van der Waals surface area contributed by atoms with Crippen molar-refractivity contribution in [2.45, 2.75) is 84.2 Å². The first-order chi connectivity index (χ1) is 11.7. The van der Waals surface area contributed by atoms with E-state index in [9.17, 15) is 15.0 Å². The van der Waals surface area contributed by atoms with E-state index in [1.165, 1.54) is 25.7 Å². The van der Waals surface area contributed by atoms with Gasteiger partial charge in [0.1, 0.15) is 6.61 Å². The summed E-state index contributed by atoms with van der Waals surface area (Å²) in [4.78, 5) is 12.4. The van der Waals surface area contributed by atoms with Crippen LogP contribution in [0.3, 0.4) is 0 Å². The molecule has 4 fully saturated rings. The molecule has 0 aromatic heterocycles. The van der Waals surface area contributed by atoms with E-state index in [2.05, 4.69) is 13.8 Å². The average Bonchev–Trinajstić information content (AvgIpc) is 2.84. The van der Waals surface area contributed by atoms with Gasteiger partial charge < -0.3 is 10.2 Å². The number of aliphatic hydroxyl groups excluding tert-OH is 1. The number of Topliss-reactive ketones (excluding diaryl/α,β-unsaturated/α-hetero) is 1. The molecule has 25 heavy (non-hydrogen) atoms. The predicted octanol–water partition coefficient (Wildman–Crippen LogP) is 3.96. The minimum atomic E-state index is -0.451. The van der Waals surface area contributed by atoms with E-state index in [0.29, 0.717) is 5.92 Å². The van der Waals surface area contributed by atoms with Crippen molar-refractivity contribution in [2.75, 3.05) is 6.61 Å². The van der Waals surface area contributed by atoms with E-state index in [-0.39, 0.29) is 29.1 Å². The Bertz CT molecular complexity index is 555. The molecule has 8 atom stereocenters. The van der Waals surface area contributed by atoms with E-state index in [1.54, 1.807) is 0 Å². The highest BCUT2D eigenvalue weighted by atomic mass is 16.3. The largest absolute Gasteiger partial charge is 0.390 e. The van der Waals surface area contributed by atoms with Crippen LogP contribution in [-0.2, 0) is 4.79 Å². The number of fused-ring (bicyclic) bond motifs is 5. The van der Waals surface area contributed by atoms with Gasteiger partial charge in [0.05, 0.1) is 5.60 Å². The highest BCUT2D eigenvalue weighted by Crippen LogP contribution is 2.70. The van der Waals surface area contributed by atoms with Crippen LogP contribution in [0.2, 0.25) is 0 Å². The second kappa shape index (κ2) is 5.79. The third kappa shape index (κ3) is 2.48. The van der Waals surface area contributed by atoms with Gasteiger partial charge in [0.15, 0.2) is 5.78 Å². The Hall–Kier alpha value is -0.410. The number of carbonyl (C=O) groups excluding carboxylic acids is 1. The van der Waals surface area contributed by atoms with Crippen LogP contribution in [0.1, 0.15) is 78.6 Å². The number of hydrogen-bond acceptors (Lipinski definition) is 3. The fraction of sp³-hybridized carbons (Fsp3) is 0.955. The van der Waals surface area contributed by atoms with E-state index in [0.717, 1.165) is 49.9 Å². The Morgan fingerprint density at radius 2 is 1.60 bits per heavy atom. The lowest BCUT2D eigenvalue weighted by molar-refractivity contribution is -0.149. The Labute approximate surface area is 152 Å². The molecule has 0 radical (unpaired) electrons. The Morgan fingerprint density at radius 3 is 2.32 bits per heavy atom. The van der Waals surface area contributed by atoms with Gasteiger partial charge in [-0.1, -0.05) is 13.8 Å². The first-order valence-corrected chi connectivity index (χ1v) is 10.6. The Balaban J connectivity index is 1.60. The summed E-state index contributed by atoms with van der Waals surface area (Å²) in [5.74, 6) is 3.14. The molecule has 4 aliphatic carbocycles. The van der Waals surface area contributed by atoms with Gasteiger partial charge in [0.2, 0.25) is 0 Å². The first-order valence-electron chi connectivity index (χ1n) is 10.6. The minimum absolute atomic E-state index is 0.0632. The second-order valence-corrected chi connectivity index (χ2v) is 10.6. The highest BCUT2D eigenvalue weighted by molar-refractivity contribution is 5.83. The van der Waals surface area contributed by atoms with Gasteiger partial charge in [0.25, 0.3) is 0 Å². The van der Waals surface area contributed by atoms with Gasteiger partial charge in [-0.15, -0.1) is 0 Å². The van der Waals surface area contributed by atoms with Gasteiger partial charge >= 0.3 is 0 Å². The molecule has 4 aliphatic rings. The van der Waals surface area contributed by atoms with Gasteiger partial charge in [-0.25, -0.2) is 0 Å². The van der Waals surface area contributed by atoms with Crippen LogP contribution in [0.5, 0.6) is 0 Å². The third-order valence-corrected chi connectivity index (χ3v) is 9.62. The molecule has 0 heterocycles. The molecular weight excluding hydrogens is 312 g/mol. The van der Waals surface area contributed by atoms with Crippen LogP contribution in [0, 0.1) is 40.4 Å². The van der Waals surface area contributed by atoms with E-state index < -0.39 is 5.60 Å². The Morgan fingerprint density at radius 1 is 0.920 bits per heavy atom. The maximum absolute atomic E-state index is 12.4. The molecule has 0 aromatic carbocycles.